The Labute approximate surface area is 121 Å². The van der Waals surface area contributed by atoms with Crippen LogP contribution in [0.1, 0.15) is 22.1 Å². The zero-order valence-corrected chi connectivity index (χ0v) is 12.1. The number of aromatic nitrogens is 2. The number of fused-ring (bicyclic) bond motifs is 1. The summed E-state index contributed by atoms with van der Waals surface area (Å²) in [7, 11) is 1.83. The molecule has 104 valence electrons. The van der Waals surface area contributed by atoms with E-state index in [-0.39, 0.29) is 16.9 Å². The quantitative estimate of drug-likeness (QED) is 0.844. The molecular weight excluding hydrogens is 274 g/mol. The van der Waals surface area contributed by atoms with E-state index in [9.17, 15) is 9.90 Å². The number of hydrogen-bond acceptors (Lipinski definition) is 4. The lowest BCUT2D eigenvalue weighted by molar-refractivity contribution is -0.113. The van der Waals surface area contributed by atoms with Gasteiger partial charge < -0.3 is 10.4 Å². The van der Waals surface area contributed by atoms with E-state index in [4.69, 9.17) is 0 Å². The van der Waals surface area contributed by atoms with E-state index in [0.29, 0.717) is 5.75 Å². The van der Waals surface area contributed by atoms with Gasteiger partial charge in [0.25, 0.3) is 0 Å². The number of aryl methyl sites for hydroxylation is 2. The Balaban J connectivity index is 2.12. The van der Waals surface area contributed by atoms with Crippen LogP contribution in [0.25, 0.3) is 0 Å². The van der Waals surface area contributed by atoms with Gasteiger partial charge in [0, 0.05) is 12.6 Å². The Bertz CT molecular complexity index is 664. The van der Waals surface area contributed by atoms with Gasteiger partial charge in [-0.3, -0.25) is 9.48 Å². The summed E-state index contributed by atoms with van der Waals surface area (Å²) in [6, 6.07) is 7.11. The average molecular weight is 289 g/mol. The molecule has 3 rings (SSSR count). The number of hydrogen-bond donors (Lipinski definition) is 2. The number of carbonyl (C=O) groups excluding carboxylic acids is 1. The molecule has 6 heteroatoms. The van der Waals surface area contributed by atoms with Crippen molar-refractivity contribution in [1.29, 1.82) is 0 Å². The monoisotopic (exact) mass is 289 g/mol. The Hall–Kier alpha value is -1.95. The molecule has 0 spiro atoms. The maximum Gasteiger partial charge on any atom is 0.235 e. The summed E-state index contributed by atoms with van der Waals surface area (Å²) in [6.07, 6.45) is 0. The van der Waals surface area contributed by atoms with Crippen LogP contribution in [0.4, 0.5) is 5.82 Å². The molecule has 1 aliphatic heterocycles. The van der Waals surface area contributed by atoms with Gasteiger partial charge in [0.1, 0.15) is 11.6 Å². The number of nitrogens with one attached hydrogen (secondary N) is 1. The van der Waals surface area contributed by atoms with Crippen LogP contribution in [-0.2, 0) is 11.8 Å². The normalized spacial score (nSPS) is 18.3. The van der Waals surface area contributed by atoms with Crippen molar-refractivity contribution in [3.05, 3.63) is 41.1 Å². The van der Waals surface area contributed by atoms with Gasteiger partial charge in [-0.25, -0.2) is 0 Å². The highest BCUT2D eigenvalue weighted by atomic mass is 32.2. The third-order valence-electron chi connectivity index (χ3n) is 3.37. The van der Waals surface area contributed by atoms with Crippen LogP contribution in [0.5, 0.6) is 5.75 Å². The lowest BCUT2D eigenvalue weighted by atomic mass is 10.0. The second-order valence-corrected chi connectivity index (χ2v) is 5.90. The van der Waals surface area contributed by atoms with E-state index in [1.165, 1.54) is 0 Å². The van der Waals surface area contributed by atoms with Gasteiger partial charge in [-0.1, -0.05) is 12.1 Å². The third kappa shape index (κ3) is 2.16. The molecule has 0 saturated heterocycles. The molecule has 1 atom stereocenters. The number of anilines is 1. The van der Waals surface area contributed by atoms with Gasteiger partial charge in [0.2, 0.25) is 5.91 Å². The number of benzene rings is 1. The summed E-state index contributed by atoms with van der Waals surface area (Å²) in [6.45, 7) is 1.95. The fraction of sp³-hybridized carbons (Fsp3) is 0.286. The fourth-order valence-corrected chi connectivity index (χ4v) is 3.65. The van der Waals surface area contributed by atoms with Crippen LogP contribution in [0.3, 0.4) is 0 Å². The first kappa shape index (κ1) is 13.1. The summed E-state index contributed by atoms with van der Waals surface area (Å²) in [5.74, 6) is 1.39. The number of carbonyl (C=O) groups is 1. The molecule has 0 radical (unpaired) electrons. The van der Waals surface area contributed by atoms with Crippen molar-refractivity contribution in [3.8, 4) is 5.75 Å². The van der Waals surface area contributed by atoms with Crippen molar-refractivity contribution in [2.45, 2.75) is 12.2 Å². The van der Waals surface area contributed by atoms with Crippen LogP contribution in [-0.4, -0.2) is 26.5 Å². The number of phenols is 1. The third-order valence-corrected chi connectivity index (χ3v) is 4.64. The molecule has 1 aromatic carbocycles. The summed E-state index contributed by atoms with van der Waals surface area (Å²) in [4.78, 5) is 11.8. The van der Waals surface area contributed by atoms with Gasteiger partial charge in [-0.2, -0.15) is 5.10 Å². The summed E-state index contributed by atoms with van der Waals surface area (Å²) in [5, 5.41) is 16.8. The second kappa shape index (κ2) is 4.86. The lowest BCUT2D eigenvalue weighted by Gasteiger charge is -2.15. The predicted octanol–water partition coefficient (Wildman–Crippen LogP) is 2.21. The van der Waals surface area contributed by atoms with Gasteiger partial charge >= 0.3 is 0 Å². The molecule has 1 aliphatic rings. The first-order valence-electron chi connectivity index (χ1n) is 6.30. The molecule has 0 bridgehead atoms. The molecule has 0 saturated carbocycles. The zero-order chi connectivity index (χ0) is 14.3. The van der Waals surface area contributed by atoms with Gasteiger partial charge in [0.05, 0.1) is 16.7 Å². The Morgan fingerprint density at radius 2 is 2.10 bits per heavy atom. The molecule has 2 aromatic rings. The van der Waals surface area contributed by atoms with Crippen molar-refractivity contribution in [2.75, 3.05) is 11.1 Å². The van der Waals surface area contributed by atoms with Gasteiger partial charge in [0.15, 0.2) is 0 Å². The number of rotatable bonds is 1. The van der Waals surface area contributed by atoms with Crippen molar-refractivity contribution in [1.82, 2.24) is 9.78 Å². The van der Waals surface area contributed by atoms with Gasteiger partial charge in [-0.05, 0) is 24.6 Å². The summed E-state index contributed by atoms with van der Waals surface area (Å²) < 4.78 is 1.71. The van der Waals surface area contributed by atoms with Crippen LogP contribution >= 0.6 is 11.8 Å². The highest BCUT2D eigenvalue weighted by molar-refractivity contribution is 8.00. The topological polar surface area (TPSA) is 67.1 Å². The molecule has 0 aliphatic carbocycles. The SMILES string of the molecule is Cc1nn(C)c2c1C(c1ccc(O)cc1)SCC(=O)N2. The molecule has 1 amide bonds. The zero-order valence-electron chi connectivity index (χ0n) is 11.3. The average Bonchev–Trinajstić information content (AvgIpc) is 2.60. The maximum absolute atomic E-state index is 11.8. The smallest absolute Gasteiger partial charge is 0.235 e. The minimum absolute atomic E-state index is 0.0134. The van der Waals surface area contributed by atoms with Crippen molar-refractivity contribution in [3.63, 3.8) is 0 Å². The molecule has 2 N–H and O–H groups in total. The van der Waals surface area contributed by atoms with Crippen LogP contribution in [0.2, 0.25) is 0 Å². The first-order valence-corrected chi connectivity index (χ1v) is 7.35. The summed E-state index contributed by atoms with van der Waals surface area (Å²) in [5.41, 5.74) is 3.01. The van der Waals surface area contributed by atoms with Crippen molar-refractivity contribution in [2.24, 2.45) is 7.05 Å². The van der Waals surface area contributed by atoms with Crippen LogP contribution < -0.4 is 5.32 Å². The molecule has 5 nitrogen and oxygen atoms in total. The second-order valence-electron chi connectivity index (χ2n) is 4.80. The van der Waals surface area contributed by atoms with E-state index in [1.54, 1.807) is 28.6 Å². The molecule has 2 heterocycles. The van der Waals surface area contributed by atoms with E-state index in [0.717, 1.165) is 22.6 Å². The highest BCUT2D eigenvalue weighted by Crippen LogP contribution is 2.43. The predicted molar refractivity (Wildman–Crippen MR) is 79.0 cm³/mol. The standard InChI is InChI=1S/C14H15N3O2S/c1-8-12-13(9-3-5-10(18)6-4-9)20-7-11(19)15-14(12)17(2)16-8/h3-6,13,18H,7H2,1-2H3,(H,15,19). The van der Waals surface area contributed by atoms with Crippen LogP contribution in [0.15, 0.2) is 24.3 Å². The molecule has 1 unspecified atom stereocenters. The minimum Gasteiger partial charge on any atom is -0.508 e. The van der Waals surface area contributed by atoms with E-state index >= 15 is 0 Å². The molecule has 0 fully saturated rings. The maximum atomic E-state index is 11.8. The Kier molecular flexibility index (Phi) is 3.17. The lowest BCUT2D eigenvalue weighted by Crippen LogP contribution is -2.15. The molecule has 20 heavy (non-hydrogen) atoms. The van der Waals surface area contributed by atoms with Crippen molar-refractivity contribution < 1.29 is 9.90 Å². The first-order chi connectivity index (χ1) is 9.56. The minimum atomic E-state index is -0.0134. The van der Waals surface area contributed by atoms with Crippen LogP contribution in [0, 0.1) is 6.92 Å². The number of nitrogens with zero attached hydrogens (tertiary/aromatic N) is 2. The molecular formula is C14H15N3O2S. The Morgan fingerprint density at radius 3 is 2.80 bits per heavy atom. The largest absolute Gasteiger partial charge is 0.508 e. The number of phenolic OH excluding ortho intramolecular Hbond substituents is 1. The Morgan fingerprint density at radius 1 is 1.40 bits per heavy atom. The van der Waals surface area contributed by atoms with E-state index in [1.807, 2.05) is 26.1 Å². The highest BCUT2D eigenvalue weighted by Gasteiger charge is 2.29. The van der Waals surface area contributed by atoms with Crippen molar-refractivity contribution >= 4 is 23.5 Å². The van der Waals surface area contributed by atoms with E-state index < -0.39 is 0 Å². The number of thioether (sulfide) groups is 1. The summed E-state index contributed by atoms with van der Waals surface area (Å²) >= 11 is 1.57. The number of aromatic hydroxyl groups is 1. The fourth-order valence-electron chi connectivity index (χ4n) is 2.46. The van der Waals surface area contributed by atoms with Gasteiger partial charge in [-0.15, -0.1) is 11.8 Å². The van der Waals surface area contributed by atoms with E-state index in [2.05, 4.69) is 10.4 Å². The number of amides is 1. The molecule has 1 aromatic heterocycles.